The third-order valence-corrected chi connectivity index (χ3v) is 5.63. The van der Waals surface area contributed by atoms with E-state index in [-0.39, 0.29) is 18.1 Å². The van der Waals surface area contributed by atoms with Gasteiger partial charge in [-0.05, 0) is 49.2 Å². The van der Waals surface area contributed by atoms with Gasteiger partial charge in [-0.3, -0.25) is 14.2 Å². The zero-order valence-corrected chi connectivity index (χ0v) is 18.6. The predicted molar refractivity (Wildman–Crippen MR) is 126 cm³/mol. The molecular formula is C25H26N4O3. The van der Waals surface area contributed by atoms with Crippen LogP contribution in [-0.2, 0) is 16.1 Å². The first-order chi connectivity index (χ1) is 15.3. The second-order valence-electron chi connectivity index (χ2n) is 8.58. The summed E-state index contributed by atoms with van der Waals surface area (Å²) in [7, 11) is 1.34. The lowest BCUT2D eigenvalue weighted by molar-refractivity contribution is -0.151. The highest BCUT2D eigenvalue weighted by Gasteiger charge is 2.30. The van der Waals surface area contributed by atoms with E-state index in [1.54, 1.807) is 26.1 Å². The zero-order valence-electron chi connectivity index (χ0n) is 18.6. The molecule has 0 aliphatic rings. The molecule has 164 valence electrons. The number of carbonyl (C=O) groups is 1. The maximum Gasteiger partial charge on any atom is 0.313 e. The van der Waals surface area contributed by atoms with Gasteiger partial charge in [0, 0.05) is 24.2 Å². The Bertz CT molecular complexity index is 1360. The lowest BCUT2D eigenvalue weighted by Gasteiger charge is -2.23. The molecule has 0 aliphatic carbocycles. The van der Waals surface area contributed by atoms with Crippen molar-refractivity contribution in [3.63, 3.8) is 0 Å². The SMILES string of the molecule is COC(=O)C(C)(C)Cn1c(=O)ccc2cnc(N[C@@H](C)c3ccc4ccccc4c3)nc21. The quantitative estimate of drug-likeness (QED) is 0.459. The Hall–Kier alpha value is -3.74. The number of carbonyl (C=O) groups excluding carboxylic acids is 1. The van der Waals surface area contributed by atoms with Crippen molar-refractivity contribution in [2.45, 2.75) is 33.4 Å². The summed E-state index contributed by atoms with van der Waals surface area (Å²) in [4.78, 5) is 33.8. The van der Waals surface area contributed by atoms with Gasteiger partial charge in [-0.25, -0.2) is 4.98 Å². The Balaban J connectivity index is 1.67. The smallest absolute Gasteiger partial charge is 0.313 e. The number of aromatic nitrogens is 3. The number of ether oxygens (including phenoxy) is 1. The highest BCUT2D eigenvalue weighted by atomic mass is 16.5. The standard InChI is InChI=1S/C25H26N4O3/c1-16(18-10-9-17-7-5-6-8-19(17)13-18)27-24-26-14-20-11-12-21(30)29(22(20)28-24)15-25(2,3)23(31)32-4/h5-14,16H,15H2,1-4H3,(H,26,27,28)/t16-/m0/s1. The first-order valence-electron chi connectivity index (χ1n) is 10.5. The van der Waals surface area contributed by atoms with Gasteiger partial charge in [-0.1, -0.05) is 36.4 Å². The Labute approximate surface area is 186 Å². The second kappa shape index (κ2) is 8.42. The van der Waals surface area contributed by atoms with Crippen LogP contribution in [0.25, 0.3) is 21.8 Å². The van der Waals surface area contributed by atoms with Crippen molar-refractivity contribution >= 4 is 33.7 Å². The van der Waals surface area contributed by atoms with Crippen molar-refractivity contribution in [2.75, 3.05) is 12.4 Å². The van der Waals surface area contributed by atoms with Gasteiger partial charge >= 0.3 is 5.97 Å². The molecule has 7 nitrogen and oxygen atoms in total. The van der Waals surface area contributed by atoms with E-state index in [4.69, 9.17) is 4.74 Å². The molecule has 2 aromatic heterocycles. The van der Waals surface area contributed by atoms with Gasteiger partial charge in [0.05, 0.1) is 18.6 Å². The molecule has 4 rings (SSSR count). The fourth-order valence-electron chi connectivity index (χ4n) is 3.78. The normalized spacial score (nSPS) is 12.6. The number of nitrogens with one attached hydrogen (secondary N) is 1. The average molecular weight is 431 g/mol. The average Bonchev–Trinajstić information content (AvgIpc) is 2.80. The molecule has 0 bridgehead atoms. The third kappa shape index (κ3) is 4.19. The van der Waals surface area contributed by atoms with Crippen molar-refractivity contribution < 1.29 is 9.53 Å². The van der Waals surface area contributed by atoms with E-state index in [0.717, 1.165) is 10.9 Å². The largest absolute Gasteiger partial charge is 0.469 e. The number of nitrogens with zero attached hydrogens (tertiary/aromatic N) is 3. The highest BCUT2D eigenvalue weighted by Crippen LogP contribution is 2.24. The molecule has 4 aromatic rings. The summed E-state index contributed by atoms with van der Waals surface area (Å²) in [6.45, 7) is 5.67. The minimum Gasteiger partial charge on any atom is -0.469 e. The Morgan fingerprint density at radius 2 is 1.81 bits per heavy atom. The van der Waals surface area contributed by atoms with Gasteiger partial charge in [0.1, 0.15) is 5.65 Å². The molecule has 0 spiro atoms. The molecular weight excluding hydrogens is 404 g/mol. The third-order valence-electron chi connectivity index (χ3n) is 5.63. The lowest BCUT2D eigenvalue weighted by Crippen LogP contribution is -2.35. The molecule has 0 saturated carbocycles. The van der Waals surface area contributed by atoms with E-state index in [1.807, 2.05) is 19.1 Å². The van der Waals surface area contributed by atoms with Crippen molar-refractivity contribution in [3.8, 4) is 0 Å². The van der Waals surface area contributed by atoms with Crippen LogP contribution in [0.1, 0.15) is 32.4 Å². The number of hydrogen-bond acceptors (Lipinski definition) is 6. The number of pyridine rings is 1. The van der Waals surface area contributed by atoms with Gasteiger partial charge in [0.2, 0.25) is 5.95 Å². The van der Waals surface area contributed by atoms with Crippen LogP contribution in [0.15, 0.2) is 65.6 Å². The van der Waals surface area contributed by atoms with E-state index in [2.05, 4.69) is 45.6 Å². The number of methoxy groups -OCH3 is 1. The zero-order chi connectivity index (χ0) is 22.9. The molecule has 0 amide bonds. The molecule has 0 aliphatic heterocycles. The van der Waals surface area contributed by atoms with Crippen LogP contribution in [0.2, 0.25) is 0 Å². The number of anilines is 1. The summed E-state index contributed by atoms with van der Waals surface area (Å²) in [6, 6.07) is 17.6. The van der Waals surface area contributed by atoms with Crippen LogP contribution in [0.5, 0.6) is 0 Å². The van der Waals surface area contributed by atoms with Crippen LogP contribution in [0.4, 0.5) is 5.95 Å². The summed E-state index contributed by atoms with van der Waals surface area (Å²) in [5.41, 5.74) is 0.452. The minimum atomic E-state index is -0.885. The fourth-order valence-corrected chi connectivity index (χ4v) is 3.78. The van der Waals surface area contributed by atoms with Crippen LogP contribution in [0.3, 0.4) is 0 Å². The van der Waals surface area contributed by atoms with Gasteiger partial charge in [0.15, 0.2) is 0 Å². The summed E-state index contributed by atoms with van der Waals surface area (Å²) in [5, 5.41) is 6.39. The number of rotatable bonds is 6. The number of fused-ring (bicyclic) bond motifs is 2. The first-order valence-corrected chi connectivity index (χ1v) is 10.5. The maximum atomic E-state index is 12.6. The van der Waals surface area contributed by atoms with E-state index < -0.39 is 11.4 Å². The molecule has 7 heteroatoms. The summed E-state index contributed by atoms with van der Waals surface area (Å²) in [6.07, 6.45) is 1.68. The predicted octanol–water partition coefficient (Wildman–Crippen LogP) is 4.32. The van der Waals surface area contributed by atoms with Crippen LogP contribution < -0.4 is 10.9 Å². The molecule has 0 saturated heterocycles. The Morgan fingerprint density at radius 3 is 2.56 bits per heavy atom. The Morgan fingerprint density at radius 1 is 1.09 bits per heavy atom. The molecule has 32 heavy (non-hydrogen) atoms. The van der Waals surface area contributed by atoms with Gasteiger partial charge in [-0.2, -0.15) is 4.98 Å². The van der Waals surface area contributed by atoms with Crippen molar-refractivity contribution in [1.29, 1.82) is 0 Å². The van der Waals surface area contributed by atoms with Crippen LogP contribution in [0, 0.1) is 5.41 Å². The van der Waals surface area contributed by atoms with Gasteiger partial charge < -0.3 is 10.1 Å². The summed E-state index contributed by atoms with van der Waals surface area (Å²) < 4.78 is 6.40. The Kier molecular flexibility index (Phi) is 5.65. The second-order valence-corrected chi connectivity index (χ2v) is 8.58. The fraction of sp³-hybridized carbons (Fsp3) is 0.280. The summed E-state index contributed by atoms with van der Waals surface area (Å²) >= 11 is 0. The van der Waals surface area contributed by atoms with Crippen LogP contribution >= 0.6 is 0 Å². The highest BCUT2D eigenvalue weighted by molar-refractivity contribution is 5.83. The summed E-state index contributed by atoms with van der Waals surface area (Å²) in [5.74, 6) is 0.0205. The number of esters is 1. The van der Waals surface area contributed by atoms with E-state index in [9.17, 15) is 9.59 Å². The molecule has 2 aromatic carbocycles. The number of hydrogen-bond donors (Lipinski definition) is 1. The van der Waals surface area contributed by atoms with Gasteiger partial charge in [0.25, 0.3) is 5.56 Å². The molecule has 0 fully saturated rings. The maximum absolute atomic E-state index is 12.6. The van der Waals surface area contributed by atoms with E-state index in [0.29, 0.717) is 17.0 Å². The topological polar surface area (TPSA) is 86.1 Å². The molecule has 0 radical (unpaired) electrons. The van der Waals surface area contributed by atoms with Crippen molar-refractivity contribution in [3.05, 3.63) is 76.7 Å². The first kappa shape index (κ1) is 21.5. The van der Waals surface area contributed by atoms with Crippen LogP contribution in [-0.4, -0.2) is 27.6 Å². The van der Waals surface area contributed by atoms with Crippen molar-refractivity contribution in [2.24, 2.45) is 5.41 Å². The van der Waals surface area contributed by atoms with Gasteiger partial charge in [-0.15, -0.1) is 0 Å². The molecule has 0 unspecified atom stereocenters. The molecule has 1 N–H and O–H groups in total. The minimum absolute atomic E-state index is 0.0487. The molecule has 1 atom stereocenters. The van der Waals surface area contributed by atoms with E-state index >= 15 is 0 Å². The monoisotopic (exact) mass is 430 g/mol. The van der Waals surface area contributed by atoms with Crippen molar-refractivity contribution in [1.82, 2.24) is 14.5 Å². The lowest BCUT2D eigenvalue weighted by atomic mass is 9.93. The number of benzene rings is 2. The molecule has 2 heterocycles. The van der Waals surface area contributed by atoms with E-state index in [1.165, 1.54) is 23.1 Å².